The molecule has 0 bridgehead atoms. The first-order valence-corrected chi connectivity index (χ1v) is 6.62. The van der Waals surface area contributed by atoms with Crippen LogP contribution in [0.3, 0.4) is 0 Å². The Morgan fingerprint density at radius 3 is 2.78 bits per heavy atom. The van der Waals surface area contributed by atoms with Crippen LogP contribution < -0.4 is 16.4 Å². The molecule has 4 nitrogen and oxygen atoms in total. The van der Waals surface area contributed by atoms with E-state index in [0.29, 0.717) is 12.1 Å². The molecule has 1 aliphatic rings. The number of carbonyl (C=O) groups excluding carboxylic acids is 1. The molecule has 0 spiro atoms. The summed E-state index contributed by atoms with van der Waals surface area (Å²) in [7, 11) is 0. The van der Waals surface area contributed by atoms with Gasteiger partial charge in [0.2, 0.25) is 5.91 Å². The number of amides is 1. The monoisotopic (exact) mass is 247 g/mol. The van der Waals surface area contributed by atoms with Gasteiger partial charge in [0.15, 0.2) is 0 Å². The molecule has 1 aromatic rings. The van der Waals surface area contributed by atoms with Gasteiger partial charge >= 0.3 is 0 Å². The summed E-state index contributed by atoms with van der Waals surface area (Å²) in [4.78, 5) is 11.3. The van der Waals surface area contributed by atoms with Gasteiger partial charge in [0.1, 0.15) is 0 Å². The topological polar surface area (TPSA) is 67.2 Å². The predicted octanol–water partition coefficient (Wildman–Crippen LogP) is 2.83. The number of rotatable bonds is 5. The lowest BCUT2D eigenvalue weighted by Crippen LogP contribution is -2.21. The van der Waals surface area contributed by atoms with Crippen LogP contribution in [0.1, 0.15) is 32.6 Å². The fraction of sp³-hybridized carbons (Fsp3) is 0.500. The van der Waals surface area contributed by atoms with Gasteiger partial charge in [-0.2, -0.15) is 0 Å². The maximum absolute atomic E-state index is 11.3. The summed E-state index contributed by atoms with van der Waals surface area (Å²) in [5.74, 6) is 0.799. The van der Waals surface area contributed by atoms with Crippen molar-refractivity contribution in [3.63, 3.8) is 0 Å². The summed E-state index contributed by atoms with van der Waals surface area (Å²) in [6, 6.07) is 5.61. The minimum absolute atomic E-state index is 0.00424. The third-order valence-corrected chi connectivity index (χ3v) is 3.46. The second kappa shape index (κ2) is 5.76. The van der Waals surface area contributed by atoms with Crippen molar-refractivity contribution < 1.29 is 4.79 Å². The number of hydrogen-bond acceptors (Lipinski definition) is 3. The van der Waals surface area contributed by atoms with Crippen molar-refractivity contribution in [1.29, 1.82) is 0 Å². The highest BCUT2D eigenvalue weighted by Gasteiger charge is 2.17. The maximum atomic E-state index is 11.3. The number of carbonyl (C=O) groups is 1. The van der Waals surface area contributed by atoms with E-state index in [4.69, 9.17) is 5.73 Å². The van der Waals surface area contributed by atoms with Crippen LogP contribution in [0, 0.1) is 5.92 Å². The van der Waals surface area contributed by atoms with E-state index < -0.39 is 0 Å². The van der Waals surface area contributed by atoms with Crippen LogP contribution in [0.25, 0.3) is 0 Å². The van der Waals surface area contributed by atoms with Crippen molar-refractivity contribution >= 4 is 23.0 Å². The van der Waals surface area contributed by atoms with E-state index in [1.165, 1.54) is 19.3 Å². The Balaban J connectivity index is 1.93. The average Bonchev–Trinajstić information content (AvgIpc) is 2.29. The van der Waals surface area contributed by atoms with Crippen LogP contribution in [-0.4, -0.2) is 12.5 Å². The quantitative estimate of drug-likeness (QED) is 0.701. The normalized spacial score (nSPS) is 14.9. The van der Waals surface area contributed by atoms with Crippen LogP contribution in [0.15, 0.2) is 18.2 Å². The Morgan fingerprint density at radius 1 is 1.44 bits per heavy atom. The van der Waals surface area contributed by atoms with Crippen LogP contribution in [0.4, 0.5) is 17.1 Å². The summed E-state index contributed by atoms with van der Waals surface area (Å²) in [5.41, 5.74) is 8.37. The Morgan fingerprint density at radius 2 is 2.22 bits per heavy atom. The lowest BCUT2D eigenvalue weighted by molar-refractivity contribution is -0.115. The van der Waals surface area contributed by atoms with Gasteiger partial charge in [-0.05, 0) is 37.0 Å². The first-order chi connectivity index (χ1) is 8.69. The summed E-state index contributed by atoms with van der Waals surface area (Å²) < 4.78 is 0. The van der Waals surface area contributed by atoms with Crippen LogP contribution >= 0.6 is 0 Å². The van der Waals surface area contributed by atoms with E-state index >= 15 is 0 Å². The second-order valence-electron chi connectivity index (χ2n) is 4.88. The minimum Gasteiger partial charge on any atom is -0.397 e. The maximum Gasteiger partial charge on any atom is 0.224 e. The van der Waals surface area contributed by atoms with Crippen LogP contribution in [0.5, 0.6) is 0 Å². The molecule has 0 aromatic heterocycles. The van der Waals surface area contributed by atoms with Gasteiger partial charge < -0.3 is 16.4 Å². The molecule has 0 radical (unpaired) electrons. The molecule has 1 saturated carbocycles. The molecule has 1 aliphatic carbocycles. The van der Waals surface area contributed by atoms with E-state index in [2.05, 4.69) is 10.6 Å². The molecule has 0 heterocycles. The predicted molar refractivity (Wildman–Crippen MR) is 75.6 cm³/mol. The van der Waals surface area contributed by atoms with Crippen molar-refractivity contribution in [2.24, 2.45) is 5.92 Å². The smallest absolute Gasteiger partial charge is 0.224 e. The van der Waals surface area contributed by atoms with Crippen LogP contribution in [-0.2, 0) is 4.79 Å². The number of hydrogen-bond donors (Lipinski definition) is 3. The Hall–Kier alpha value is -1.71. The number of nitrogens with one attached hydrogen (secondary N) is 2. The van der Waals surface area contributed by atoms with Crippen molar-refractivity contribution in [1.82, 2.24) is 0 Å². The van der Waals surface area contributed by atoms with Crippen molar-refractivity contribution in [2.75, 3.05) is 22.9 Å². The van der Waals surface area contributed by atoms with Crippen molar-refractivity contribution in [3.8, 4) is 0 Å². The molecule has 1 fully saturated rings. The minimum atomic E-state index is 0.00424. The SMILES string of the molecule is CCC(=O)Nc1ccc(NCC2CCC2)c(N)c1. The van der Waals surface area contributed by atoms with E-state index in [0.717, 1.165) is 23.8 Å². The molecule has 4 N–H and O–H groups in total. The zero-order chi connectivity index (χ0) is 13.0. The highest BCUT2D eigenvalue weighted by atomic mass is 16.1. The lowest BCUT2D eigenvalue weighted by Gasteiger charge is -2.26. The first kappa shape index (κ1) is 12.7. The molecule has 0 aliphatic heterocycles. The third kappa shape index (κ3) is 3.15. The zero-order valence-corrected chi connectivity index (χ0v) is 10.8. The molecule has 18 heavy (non-hydrogen) atoms. The second-order valence-corrected chi connectivity index (χ2v) is 4.88. The van der Waals surface area contributed by atoms with E-state index in [-0.39, 0.29) is 5.91 Å². The van der Waals surface area contributed by atoms with Crippen LogP contribution in [0.2, 0.25) is 0 Å². The fourth-order valence-corrected chi connectivity index (χ4v) is 2.00. The Kier molecular flexibility index (Phi) is 4.07. The summed E-state index contributed by atoms with van der Waals surface area (Å²) in [6.45, 7) is 2.82. The van der Waals surface area contributed by atoms with Gasteiger partial charge in [-0.25, -0.2) is 0 Å². The first-order valence-electron chi connectivity index (χ1n) is 6.62. The molecule has 1 aromatic carbocycles. The number of benzene rings is 1. The fourth-order valence-electron chi connectivity index (χ4n) is 2.00. The van der Waals surface area contributed by atoms with E-state index in [1.807, 2.05) is 19.1 Å². The molecule has 0 unspecified atom stereocenters. The Bertz CT molecular complexity index is 427. The molecule has 0 atom stereocenters. The van der Waals surface area contributed by atoms with Gasteiger partial charge in [-0.3, -0.25) is 4.79 Å². The zero-order valence-electron chi connectivity index (χ0n) is 10.8. The molecular formula is C14H21N3O. The van der Waals surface area contributed by atoms with E-state index in [1.54, 1.807) is 6.07 Å². The molecule has 0 saturated heterocycles. The van der Waals surface area contributed by atoms with Gasteiger partial charge in [0, 0.05) is 18.7 Å². The van der Waals surface area contributed by atoms with Gasteiger partial charge in [0.05, 0.1) is 11.4 Å². The Labute approximate surface area is 108 Å². The molecule has 98 valence electrons. The van der Waals surface area contributed by atoms with E-state index in [9.17, 15) is 4.79 Å². The third-order valence-electron chi connectivity index (χ3n) is 3.46. The largest absolute Gasteiger partial charge is 0.397 e. The van der Waals surface area contributed by atoms with Crippen molar-refractivity contribution in [2.45, 2.75) is 32.6 Å². The summed E-state index contributed by atoms with van der Waals surface area (Å²) in [6.07, 6.45) is 4.46. The number of nitrogens with two attached hydrogens (primary N) is 1. The summed E-state index contributed by atoms with van der Waals surface area (Å²) >= 11 is 0. The highest BCUT2D eigenvalue weighted by molar-refractivity contribution is 5.91. The highest BCUT2D eigenvalue weighted by Crippen LogP contribution is 2.28. The number of nitrogen functional groups attached to an aromatic ring is 1. The molecular weight excluding hydrogens is 226 g/mol. The molecule has 4 heteroatoms. The summed E-state index contributed by atoms with van der Waals surface area (Å²) in [5, 5.41) is 6.17. The van der Waals surface area contributed by atoms with Gasteiger partial charge in [-0.1, -0.05) is 13.3 Å². The van der Waals surface area contributed by atoms with Crippen molar-refractivity contribution in [3.05, 3.63) is 18.2 Å². The molecule has 2 rings (SSSR count). The lowest BCUT2D eigenvalue weighted by atomic mass is 9.85. The molecule has 1 amide bonds. The van der Waals surface area contributed by atoms with Gasteiger partial charge in [0.25, 0.3) is 0 Å². The number of anilines is 3. The average molecular weight is 247 g/mol. The standard InChI is InChI=1S/C14H21N3O/c1-2-14(18)17-11-6-7-13(12(15)8-11)16-9-10-4-3-5-10/h6-8,10,16H,2-5,9,15H2,1H3,(H,17,18). The van der Waals surface area contributed by atoms with Gasteiger partial charge in [-0.15, -0.1) is 0 Å².